The number of carboxylic acid groups (broad SMARTS) is 1. The van der Waals surface area contributed by atoms with Crippen molar-refractivity contribution in [3.8, 4) is 0 Å². The maximum absolute atomic E-state index is 9.80. The van der Waals surface area contributed by atoms with Crippen LogP contribution in [-0.2, 0) is 4.74 Å². The monoisotopic (exact) mass is 140 g/mol. The number of hydrogen-bond acceptors (Lipinski definition) is 2. The van der Waals surface area contributed by atoms with E-state index in [2.05, 4.69) is 17.9 Å². The van der Waals surface area contributed by atoms with Gasteiger partial charge in [-0.3, -0.25) is 0 Å². The molecule has 0 aromatic heterocycles. The number of carbonyl (C=O) groups is 1. The third kappa shape index (κ3) is 3.49. The van der Waals surface area contributed by atoms with Crippen LogP contribution in [0.2, 0.25) is 0 Å². The topological polar surface area (TPSA) is 46.5 Å². The normalized spacial score (nSPS) is 7.60. The molecule has 0 saturated carbocycles. The van der Waals surface area contributed by atoms with E-state index in [0.717, 1.165) is 6.26 Å². The highest BCUT2D eigenvalue weighted by molar-refractivity contribution is 5.58. The molecule has 3 nitrogen and oxygen atoms in total. The first-order valence-corrected chi connectivity index (χ1v) is 2.55. The molecule has 0 unspecified atom stereocenters. The van der Waals surface area contributed by atoms with Crippen molar-refractivity contribution in [1.29, 1.82) is 0 Å². The molecule has 0 aliphatic rings. The lowest BCUT2D eigenvalue weighted by atomic mass is 10.3. The molecule has 0 aromatic carbocycles. The van der Waals surface area contributed by atoms with Crippen LogP contribution in [0.1, 0.15) is 0 Å². The van der Waals surface area contributed by atoms with E-state index in [0.29, 0.717) is 5.57 Å². The van der Waals surface area contributed by atoms with Crippen LogP contribution in [0.25, 0.3) is 0 Å². The Morgan fingerprint density at radius 1 is 1.40 bits per heavy atom. The van der Waals surface area contributed by atoms with Crippen LogP contribution in [0, 0.1) is 0 Å². The molecule has 0 aliphatic heterocycles. The molecule has 0 aliphatic carbocycles. The van der Waals surface area contributed by atoms with E-state index in [-0.39, 0.29) is 0 Å². The smallest absolute Gasteiger partial charge is 0.449 e. The SMILES string of the molecule is C=CC(C=C)=COC(=O)O. The molecule has 1 N–H and O–H groups in total. The maximum atomic E-state index is 9.80. The summed E-state index contributed by atoms with van der Waals surface area (Å²) in [7, 11) is 0. The molecule has 0 radical (unpaired) electrons. The molecular weight excluding hydrogens is 132 g/mol. The Hall–Kier alpha value is -1.51. The van der Waals surface area contributed by atoms with Gasteiger partial charge in [-0.1, -0.05) is 25.3 Å². The Morgan fingerprint density at radius 2 is 1.90 bits per heavy atom. The van der Waals surface area contributed by atoms with E-state index in [9.17, 15) is 4.79 Å². The van der Waals surface area contributed by atoms with Crippen LogP contribution in [0.4, 0.5) is 4.79 Å². The summed E-state index contributed by atoms with van der Waals surface area (Å²) < 4.78 is 4.10. The highest BCUT2D eigenvalue weighted by Crippen LogP contribution is 1.96. The second kappa shape index (κ2) is 4.38. The molecule has 54 valence electrons. The first-order chi connectivity index (χ1) is 4.70. The van der Waals surface area contributed by atoms with Crippen LogP contribution in [0.15, 0.2) is 37.1 Å². The summed E-state index contributed by atoms with van der Waals surface area (Å²) in [5, 5.41) is 8.02. The van der Waals surface area contributed by atoms with Gasteiger partial charge in [-0.15, -0.1) is 0 Å². The van der Waals surface area contributed by atoms with Gasteiger partial charge < -0.3 is 9.84 Å². The average Bonchev–Trinajstić information content (AvgIpc) is 1.90. The van der Waals surface area contributed by atoms with Gasteiger partial charge in [-0.25, -0.2) is 4.79 Å². The summed E-state index contributed by atoms with van der Waals surface area (Å²) >= 11 is 0. The molecule has 0 amide bonds. The van der Waals surface area contributed by atoms with Gasteiger partial charge in [0.2, 0.25) is 0 Å². The van der Waals surface area contributed by atoms with Crippen molar-refractivity contribution in [2.75, 3.05) is 0 Å². The van der Waals surface area contributed by atoms with Gasteiger partial charge in [0.25, 0.3) is 0 Å². The van der Waals surface area contributed by atoms with Crippen molar-refractivity contribution in [2.24, 2.45) is 0 Å². The van der Waals surface area contributed by atoms with Gasteiger partial charge in [0.1, 0.15) is 6.26 Å². The minimum Gasteiger partial charge on any atom is -0.449 e. The van der Waals surface area contributed by atoms with Crippen LogP contribution in [-0.4, -0.2) is 11.3 Å². The van der Waals surface area contributed by atoms with Crippen LogP contribution >= 0.6 is 0 Å². The molecule has 0 aromatic rings. The summed E-state index contributed by atoms with van der Waals surface area (Å²) in [6, 6.07) is 0. The number of hydrogen-bond donors (Lipinski definition) is 1. The van der Waals surface area contributed by atoms with Gasteiger partial charge in [-0.2, -0.15) is 0 Å². The van der Waals surface area contributed by atoms with Crippen molar-refractivity contribution in [2.45, 2.75) is 0 Å². The summed E-state index contributed by atoms with van der Waals surface area (Å²) in [6.45, 7) is 6.79. The van der Waals surface area contributed by atoms with E-state index in [1.807, 2.05) is 0 Å². The molecular formula is C7H8O3. The summed E-state index contributed by atoms with van der Waals surface area (Å²) in [5.41, 5.74) is 0.530. The minimum absolute atomic E-state index is 0.530. The number of allylic oxidation sites excluding steroid dienone is 3. The predicted octanol–water partition coefficient (Wildman–Crippen LogP) is 1.94. The number of ether oxygens (including phenoxy) is 1. The number of rotatable bonds is 3. The molecule has 0 heterocycles. The van der Waals surface area contributed by atoms with Gasteiger partial charge in [-0.05, 0) is 0 Å². The lowest BCUT2D eigenvalue weighted by Crippen LogP contribution is -1.92. The summed E-state index contributed by atoms with van der Waals surface area (Å²) in [5.74, 6) is 0. The highest BCUT2D eigenvalue weighted by Gasteiger charge is 1.90. The van der Waals surface area contributed by atoms with Crippen molar-refractivity contribution in [3.63, 3.8) is 0 Å². The Labute approximate surface area is 58.9 Å². The summed E-state index contributed by atoms with van der Waals surface area (Å²) in [4.78, 5) is 9.80. The first-order valence-electron chi connectivity index (χ1n) is 2.55. The Balaban J connectivity index is 3.98. The molecule has 0 spiro atoms. The van der Waals surface area contributed by atoms with Gasteiger partial charge in [0.05, 0.1) is 0 Å². The minimum atomic E-state index is -1.35. The Bertz CT molecular complexity index is 169. The largest absolute Gasteiger partial charge is 0.510 e. The average molecular weight is 140 g/mol. The standard InChI is InChI=1S/C7H8O3/c1-3-6(4-2)5-10-7(8)9/h3-5H,1-2H2,(H,8,9). The van der Waals surface area contributed by atoms with Crippen LogP contribution < -0.4 is 0 Å². The highest BCUT2D eigenvalue weighted by atomic mass is 16.7. The fourth-order valence-corrected chi connectivity index (χ4v) is 0.298. The third-order valence-electron chi connectivity index (χ3n) is 0.767. The lowest BCUT2D eigenvalue weighted by molar-refractivity contribution is 0.128. The fraction of sp³-hybridized carbons (Fsp3) is 0. The first kappa shape index (κ1) is 8.49. The maximum Gasteiger partial charge on any atom is 0.510 e. The quantitative estimate of drug-likeness (QED) is 0.370. The second-order valence-corrected chi connectivity index (χ2v) is 1.41. The van der Waals surface area contributed by atoms with Crippen molar-refractivity contribution in [3.05, 3.63) is 37.1 Å². The van der Waals surface area contributed by atoms with Crippen LogP contribution in [0.3, 0.4) is 0 Å². The molecule has 0 atom stereocenters. The zero-order valence-corrected chi connectivity index (χ0v) is 5.41. The lowest BCUT2D eigenvalue weighted by Gasteiger charge is -1.91. The van der Waals surface area contributed by atoms with Crippen molar-refractivity contribution >= 4 is 6.16 Å². The Kier molecular flexibility index (Phi) is 3.72. The zero-order chi connectivity index (χ0) is 7.98. The second-order valence-electron chi connectivity index (χ2n) is 1.41. The molecule has 3 heteroatoms. The van der Waals surface area contributed by atoms with E-state index >= 15 is 0 Å². The molecule has 0 fully saturated rings. The van der Waals surface area contributed by atoms with E-state index in [1.165, 1.54) is 12.2 Å². The third-order valence-corrected chi connectivity index (χ3v) is 0.767. The van der Waals surface area contributed by atoms with Gasteiger partial charge in [0, 0.05) is 5.57 Å². The van der Waals surface area contributed by atoms with Gasteiger partial charge in [0.15, 0.2) is 0 Å². The fourth-order valence-electron chi connectivity index (χ4n) is 0.298. The van der Waals surface area contributed by atoms with E-state index in [1.54, 1.807) is 0 Å². The predicted molar refractivity (Wildman–Crippen MR) is 37.6 cm³/mol. The zero-order valence-electron chi connectivity index (χ0n) is 5.41. The van der Waals surface area contributed by atoms with Crippen LogP contribution in [0.5, 0.6) is 0 Å². The molecule has 10 heavy (non-hydrogen) atoms. The van der Waals surface area contributed by atoms with Gasteiger partial charge >= 0.3 is 6.16 Å². The summed E-state index contributed by atoms with van der Waals surface area (Å²) in [6.07, 6.45) is 2.59. The molecule has 0 rings (SSSR count). The molecule has 0 bridgehead atoms. The van der Waals surface area contributed by atoms with Crippen molar-refractivity contribution < 1.29 is 14.6 Å². The van der Waals surface area contributed by atoms with Crippen molar-refractivity contribution in [1.82, 2.24) is 0 Å². The van der Waals surface area contributed by atoms with E-state index in [4.69, 9.17) is 5.11 Å². The Morgan fingerprint density at radius 3 is 2.20 bits per heavy atom. The van der Waals surface area contributed by atoms with E-state index < -0.39 is 6.16 Å². The molecule has 0 saturated heterocycles.